The molecular formula is C12H15N5O2. The Hall–Kier alpha value is -2.44. The first-order valence-electron chi connectivity index (χ1n) is 5.99. The Morgan fingerprint density at radius 3 is 2.95 bits per heavy atom. The van der Waals surface area contributed by atoms with Gasteiger partial charge in [0.05, 0.1) is 6.33 Å². The van der Waals surface area contributed by atoms with Crippen molar-refractivity contribution in [1.82, 2.24) is 19.5 Å². The third-order valence-electron chi connectivity index (χ3n) is 2.61. The first-order valence-corrected chi connectivity index (χ1v) is 5.99. The summed E-state index contributed by atoms with van der Waals surface area (Å²) in [6.07, 6.45) is 5.39. The summed E-state index contributed by atoms with van der Waals surface area (Å²) in [6, 6.07) is 1.90. The van der Waals surface area contributed by atoms with E-state index in [-0.39, 0.29) is 5.69 Å². The number of nitrogens with one attached hydrogen (secondary N) is 1. The van der Waals surface area contributed by atoms with Crippen molar-refractivity contribution in [2.24, 2.45) is 0 Å². The zero-order valence-electron chi connectivity index (χ0n) is 10.6. The van der Waals surface area contributed by atoms with Crippen LogP contribution in [0.2, 0.25) is 0 Å². The molecule has 0 unspecified atom stereocenters. The van der Waals surface area contributed by atoms with Crippen LogP contribution in [-0.2, 0) is 13.0 Å². The molecule has 0 radical (unpaired) electrons. The molecule has 0 aliphatic heterocycles. The summed E-state index contributed by atoms with van der Waals surface area (Å²) in [4.78, 5) is 22.7. The minimum absolute atomic E-state index is 0.0512. The summed E-state index contributed by atoms with van der Waals surface area (Å²) in [5.41, 5.74) is 1.03. The van der Waals surface area contributed by atoms with Gasteiger partial charge in [-0.3, -0.25) is 0 Å². The second kappa shape index (κ2) is 5.94. The Morgan fingerprint density at radius 1 is 1.42 bits per heavy atom. The van der Waals surface area contributed by atoms with E-state index in [0.717, 1.165) is 17.9 Å². The second-order valence-corrected chi connectivity index (χ2v) is 3.98. The second-order valence-electron chi connectivity index (χ2n) is 3.98. The molecule has 2 heterocycles. The average Bonchev–Trinajstić information content (AvgIpc) is 2.88. The maximum absolute atomic E-state index is 10.7. The monoisotopic (exact) mass is 261 g/mol. The SMILES string of the molecule is CCc1cc(NCCn2cnc(C(=O)O)c2)ncn1. The number of aryl methyl sites for hydroxylation is 1. The van der Waals surface area contributed by atoms with E-state index in [0.29, 0.717) is 13.1 Å². The molecule has 0 amide bonds. The number of aromatic nitrogens is 4. The van der Waals surface area contributed by atoms with E-state index in [1.165, 1.54) is 18.9 Å². The van der Waals surface area contributed by atoms with Gasteiger partial charge in [-0.1, -0.05) is 6.92 Å². The molecule has 0 fully saturated rings. The van der Waals surface area contributed by atoms with Crippen molar-refractivity contribution in [3.8, 4) is 0 Å². The first-order chi connectivity index (χ1) is 9.19. The molecule has 0 saturated heterocycles. The molecule has 2 aromatic rings. The van der Waals surface area contributed by atoms with Crippen LogP contribution in [0, 0.1) is 0 Å². The van der Waals surface area contributed by atoms with Gasteiger partial charge < -0.3 is 15.0 Å². The number of nitrogens with zero attached hydrogens (tertiary/aromatic N) is 4. The van der Waals surface area contributed by atoms with Crippen LogP contribution in [0.5, 0.6) is 0 Å². The van der Waals surface area contributed by atoms with Crippen molar-refractivity contribution < 1.29 is 9.90 Å². The summed E-state index contributed by atoms with van der Waals surface area (Å²) >= 11 is 0. The Balaban J connectivity index is 1.86. The lowest BCUT2D eigenvalue weighted by atomic mass is 10.3. The summed E-state index contributed by atoms with van der Waals surface area (Å²) in [7, 11) is 0. The molecule has 7 nitrogen and oxygen atoms in total. The number of carbonyl (C=O) groups is 1. The largest absolute Gasteiger partial charge is 0.476 e. The maximum atomic E-state index is 10.7. The quantitative estimate of drug-likeness (QED) is 0.807. The molecule has 100 valence electrons. The number of carboxylic acid groups (broad SMARTS) is 1. The molecule has 2 N–H and O–H groups in total. The lowest BCUT2D eigenvalue weighted by Gasteiger charge is -2.06. The van der Waals surface area contributed by atoms with Gasteiger partial charge in [0.15, 0.2) is 5.69 Å². The van der Waals surface area contributed by atoms with Crippen LogP contribution >= 0.6 is 0 Å². The molecule has 7 heteroatoms. The van der Waals surface area contributed by atoms with Crippen molar-refractivity contribution >= 4 is 11.8 Å². The topological polar surface area (TPSA) is 92.9 Å². The Morgan fingerprint density at radius 2 is 2.26 bits per heavy atom. The van der Waals surface area contributed by atoms with Crippen LogP contribution in [-0.4, -0.2) is 37.1 Å². The number of anilines is 1. The predicted molar refractivity (Wildman–Crippen MR) is 69.1 cm³/mol. The number of imidazole rings is 1. The van der Waals surface area contributed by atoms with Crippen LogP contribution in [0.4, 0.5) is 5.82 Å². The van der Waals surface area contributed by atoms with E-state index in [1.54, 1.807) is 4.57 Å². The average molecular weight is 261 g/mol. The van der Waals surface area contributed by atoms with Crippen molar-refractivity contribution in [3.63, 3.8) is 0 Å². The standard InChI is InChI=1S/C12H15N5O2/c1-2-9-5-11(15-7-14-9)13-3-4-17-6-10(12(18)19)16-8-17/h5-8H,2-4H2,1H3,(H,18,19)(H,13,14,15). The highest BCUT2D eigenvalue weighted by molar-refractivity contribution is 5.84. The first kappa shape index (κ1) is 13.0. The smallest absolute Gasteiger partial charge is 0.356 e. The van der Waals surface area contributed by atoms with Crippen LogP contribution < -0.4 is 5.32 Å². The normalized spacial score (nSPS) is 10.4. The summed E-state index contributed by atoms with van der Waals surface area (Å²) < 4.78 is 1.72. The number of aromatic carboxylic acids is 1. The van der Waals surface area contributed by atoms with Crippen molar-refractivity contribution in [1.29, 1.82) is 0 Å². The molecular weight excluding hydrogens is 246 g/mol. The van der Waals surface area contributed by atoms with Gasteiger partial charge in [-0.2, -0.15) is 0 Å². The highest BCUT2D eigenvalue weighted by Crippen LogP contribution is 2.04. The van der Waals surface area contributed by atoms with Gasteiger partial charge in [0, 0.05) is 31.0 Å². The molecule has 2 aromatic heterocycles. The number of hydrogen-bond donors (Lipinski definition) is 2. The van der Waals surface area contributed by atoms with Gasteiger partial charge in [0.1, 0.15) is 12.1 Å². The molecule has 0 spiro atoms. The Labute approximate surface area is 110 Å². The van der Waals surface area contributed by atoms with E-state index in [4.69, 9.17) is 5.11 Å². The summed E-state index contributed by atoms with van der Waals surface area (Å²) in [6.45, 7) is 3.28. The van der Waals surface area contributed by atoms with E-state index in [1.807, 2.05) is 13.0 Å². The third kappa shape index (κ3) is 3.51. The van der Waals surface area contributed by atoms with E-state index < -0.39 is 5.97 Å². The zero-order valence-corrected chi connectivity index (χ0v) is 10.6. The van der Waals surface area contributed by atoms with Crippen molar-refractivity contribution in [3.05, 3.63) is 36.3 Å². The van der Waals surface area contributed by atoms with Crippen molar-refractivity contribution in [2.75, 3.05) is 11.9 Å². The highest BCUT2D eigenvalue weighted by atomic mass is 16.4. The van der Waals surface area contributed by atoms with Crippen LogP contribution in [0.3, 0.4) is 0 Å². The van der Waals surface area contributed by atoms with E-state index in [2.05, 4.69) is 20.3 Å². The van der Waals surface area contributed by atoms with Gasteiger partial charge >= 0.3 is 5.97 Å². The lowest BCUT2D eigenvalue weighted by molar-refractivity contribution is 0.0691. The molecule has 0 atom stereocenters. The number of carboxylic acids is 1. The molecule has 19 heavy (non-hydrogen) atoms. The van der Waals surface area contributed by atoms with E-state index in [9.17, 15) is 4.79 Å². The fourth-order valence-corrected chi connectivity index (χ4v) is 1.59. The maximum Gasteiger partial charge on any atom is 0.356 e. The van der Waals surface area contributed by atoms with Gasteiger partial charge in [0.25, 0.3) is 0 Å². The molecule has 0 aliphatic rings. The van der Waals surface area contributed by atoms with Crippen LogP contribution in [0.1, 0.15) is 23.1 Å². The number of hydrogen-bond acceptors (Lipinski definition) is 5. The fourth-order valence-electron chi connectivity index (χ4n) is 1.59. The van der Waals surface area contributed by atoms with Crippen LogP contribution in [0.25, 0.3) is 0 Å². The highest BCUT2D eigenvalue weighted by Gasteiger charge is 2.05. The molecule has 0 bridgehead atoms. The molecule has 0 saturated carbocycles. The molecule has 0 aliphatic carbocycles. The molecule has 2 rings (SSSR count). The van der Waals surface area contributed by atoms with Gasteiger partial charge in [-0.05, 0) is 6.42 Å². The van der Waals surface area contributed by atoms with Gasteiger partial charge in [-0.25, -0.2) is 19.7 Å². The van der Waals surface area contributed by atoms with Gasteiger partial charge in [-0.15, -0.1) is 0 Å². The fraction of sp³-hybridized carbons (Fsp3) is 0.333. The summed E-state index contributed by atoms with van der Waals surface area (Å²) in [5.74, 6) is -0.250. The lowest BCUT2D eigenvalue weighted by Crippen LogP contribution is -2.10. The van der Waals surface area contributed by atoms with E-state index >= 15 is 0 Å². The minimum Gasteiger partial charge on any atom is -0.476 e. The number of rotatable bonds is 6. The predicted octanol–water partition coefficient (Wildman–Crippen LogP) is 1.05. The Bertz CT molecular complexity index is 567. The summed E-state index contributed by atoms with van der Waals surface area (Å²) in [5, 5.41) is 11.9. The molecule has 0 aromatic carbocycles. The van der Waals surface area contributed by atoms with Gasteiger partial charge in [0.2, 0.25) is 0 Å². The zero-order chi connectivity index (χ0) is 13.7. The Kier molecular flexibility index (Phi) is 4.07. The minimum atomic E-state index is -1.02. The van der Waals surface area contributed by atoms with Crippen LogP contribution in [0.15, 0.2) is 24.9 Å². The third-order valence-corrected chi connectivity index (χ3v) is 2.61. The van der Waals surface area contributed by atoms with Crippen molar-refractivity contribution in [2.45, 2.75) is 19.9 Å².